The zero-order valence-corrected chi connectivity index (χ0v) is 19.5. The second-order valence-corrected chi connectivity index (χ2v) is 7.92. The first-order valence-electron chi connectivity index (χ1n) is 9.83. The maximum Gasteiger partial charge on any atom is 0.355 e. The number of esters is 2. The molecule has 0 radical (unpaired) electrons. The fourth-order valence-electron chi connectivity index (χ4n) is 3.57. The Bertz CT molecular complexity index is 1030. The number of allylic oxidation sites excluding steroid dienone is 2. The Morgan fingerprint density at radius 3 is 2.22 bits per heavy atom. The summed E-state index contributed by atoms with van der Waals surface area (Å²) in [6.45, 7) is 3.52. The van der Waals surface area contributed by atoms with E-state index >= 15 is 4.39 Å². The van der Waals surface area contributed by atoms with Crippen LogP contribution < -0.4 is 9.80 Å². The van der Waals surface area contributed by atoms with Crippen LogP contribution in [0.3, 0.4) is 0 Å². The van der Waals surface area contributed by atoms with Gasteiger partial charge in [-0.05, 0) is 34.1 Å². The highest BCUT2D eigenvalue weighted by Crippen LogP contribution is 2.37. The number of rotatable bonds is 4. The average molecular weight is 508 g/mol. The van der Waals surface area contributed by atoms with Gasteiger partial charge in [0.25, 0.3) is 0 Å². The maximum absolute atomic E-state index is 15.2. The zero-order chi connectivity index (χ0) is 23.4. The van der Waals surface area contributed by atoms with E-state index in [1.807, 2.05) is 4.90 Å². The van der Waals surface area contributed by atoms with Gasteiger partial charge in [0.1, 0.15) is 11.5 Å². The molecule has 1 saturated heterocycles. The van der Waals surface area contributed by atoms with Gasteiger partial charge in [0, 0.05) is 49.8 Å². The van der Waals surface area contributed by atoms with Crippen molar-refractivity contribution in [2.45, 2.75) is 6.92 Å². The lowest BCUT2D eigenvalue weighted by molar-refractivity contribution is -0.139. The van der Waals surface area contributed by atoms with E-state index in [9.17, 15) is 14.4 Å². The van der Waals surface area contributed by atoms with Gasteiger partial charge in [-0.2, -0.15) is 0 Å². The van der Waals surface area contributed by atoms with Gasteiger partial charge >= 0.3 is 11.9 Å². The van der Waals surface area contributed by atoms with Crippen molar-refractivity contribution < 1.29 is 28.2 Å². The number of piperazine rings is 1. The quantitative estimate of drug-likeness (QED) is 0.579. The summed E-state index contributed by atoms with van der Waals surface area (Å²) in [4.78, 5) is 41.4. The third kappa shape index (κ3) is 4.69. The zero-order valence-electron chi connectivity index (χ0n) is 17.9. The van der Waals surface area contributed by atoms with Gasteiger partial charge in [-0.1, -0.05) is 6.08 Å². The number of benzene rings is 1. The van der Waals surface area contributed by atoms with Crippen LogP contribution in [-0.4, -0.2) is 63.1 Å². The van der Waals surface area contributed by atoms with Gasteiger partial charge in [0.15, 0.2) is 0 Å². The Hall–Kier alpha value is -3.14. The number of methoxy groups -OCH3 is 2. The van der Waals surface area contributed by atoms with Crippen LogP contribution in [-0.2, 0) is 23.9 Å². The monoisotopic (exact) mass is 507 g/mol. The molecule has 0 aromatic heterocycles. The molecule has 0 unspecified atom stereocenters. The van der Waals surface area contributed by atoms with Gasteiger partial charge in [0.05, 0.1) is 31.2 Å². The molecule has 1 fully saturated rings. The van der Waals surface area contributed by atoms with Crippen molar-refractivity contribution in [3.8, 4) is 0 Å². The molecule has 1 amide bonds. The lowest BCUT2D eigenvalue weighted by atomic mass is 10.1. The molecular formula is C22H23BrFN3O5. The molecule has 1 aromatic carbocycles. The minimum Gasteiger partial charge on any atom is -0.465 e. The molecular weight excluding hydrogens is 485 g/mol. The fraction of sp³-hybridized carbons (Fsp3) is 0.318. The minimum atomic E-state index is -0.779. The molecule has 0 N–H and O–H groups in total. The topological polar surface area (TPSA) is 79.4 Å². The molecule has 32 heavy (non-hydrogen) atoms. The van der Waals surface area contributed by atoms with Crippen LogP contribution in [0.1, 0.15) is 6.92 Å². The summed E-state index contributed by atoms with van der Waals surface area (Å²) in [6, 6.07) is 2.90. The Labute approximate surface area is 193 Å². The fourth-order valence-corrected chi connectivity index (χ4v) is 4.09. The highest BCUT2D eigenvalue weighted by Gasteiger charge is 2.30. The number of nitrogens with zero attached hydrogens (tertiary/aromatic N) is 3. The van der Waals surface area contributed by atoms with E-state index < -0.39 is 17.8 Å². The van der Waals surface area contributed by atoms with Gasteiger partial charge in [0.2, 0.25) is 5.91 Å². The van der Waals surface area contributed by atoms with E-state index in [-0.39, 0.29) is 17.2 Å². The molecule has 10 heteroatoms. The Morgan fingerprint density at radius 2 is 1.62 bits per heavy atom. The first kappa shape index (κ1) is 23.5. The first-order valence-corrected chi connectivity index (χ1v) is 10.6. The average Bonchev–Trinajstić information content (AvgIpc) is 3.02. The molecule has 1 aromatic rings. The molecule has 0 spiro atoms. The van der Waals surface area contributed by atoms with E-state index in [0.717, 1.165) is 0 Å². The van der Waals surface area contributed by atoms with Crippen molar-refractivity contribution in [2.75, 3.05) is 50.2 Å². The second-order valence-electron chi connectivity index (χ2n) is 7.06. The van der Waals surface area contributed by atoms with Crippen LogP contribution in [0.25, 0.3) is 0 Å². The normalized spacial score (nSPS) is 16.2. The lowest BCUT2D eigenvalue weighted by Gasteiger charge is -2.36. The molecule has 0 saturated carbocycles. The number of hydrogen-bond acceptors (Lipinski definition) is 7. The lowest BCUT2D eigenvalue weighted by Crippen LogP contribution is -2.48. The Morgan fingerprint density at radius 1 is 0.969 bits per heavy atom. The molecule has 0 bridgehead atoms. The van der Waals surface area contributed by atoms with E-state index in [2.05, 4.69) is 15.9 Å². The number of carbonyl (C=O) groups is 3. The minimum absolute atomic E-state index is 0.00764. The standard InChI is InChI=1S/C22H23BrFN3O5/c1-14(28)25-8-10-26(11-9-25)19-12-16(23)18(13-17(19)24)27-7-5-4-6-15(21(29)31-2)20(27)22(30)32-3/h4-7,12-13H,8-11H2,1-3H3. The summed E-state index contributed by atoms with van der Waals surface area (Å²) in [5.74, 6) is -2.02. The third-order valence-electron chi connectivity index (χ3n) is 5.23. The first-order chi connectivity index (χ1) is 15.3. The summed E-state index contributed by atoms with van der Waals surface area (Å²) in [5.41, 5.74) is 0.543. The second kappa shape index (κ2) is 9.99. The number of ether oxygens (including phenoxy) is 2. The van der Waals surface area contributed by atoms with Crippen LogP contribution >= 0.6 is 15.9 Å². The number of anilines is 2. The summed E-state index contributed by atoms with van der Waals surface area (Å²) in [6.07, 6.45) is 6.14. The number of carbonyl (C=O) groups excluding carboxylic acids is 3. The van der Waals surface area contributed by atoms with Crippen LogP contribution in [0.15, 0.2) is 52.3 Å². The molecule has 2 aliphatic rings. The third-order valence-corrected chi connectivity index (χ3v) is 5.87. The predicted molar refractivity (Wildman–Crippen MR) is 120 cm³/mol. The summed E-state index contributed by atoms with van der Waals surface area (Å²) in [5, 5.41) is 0. The number of halogens is 2. The van der Waals surface area contributed by atoms with Crippen LogP contribution in [0.5, 0.6) is 0 Å². The summed E-state index contributed by atoms with van der Waals surface area (Å²) >= 11 is 3.47. The van der Waals surface area contributed by atoms with Crippen LogP contribution in [0, 0.1) is 5.82 Å². The molecule has 170 valence electrons. The number of hydrogen-bond donors (Lipinski definition) is 0. The van der Waals surface area contributed by atoms with Gasteiger partial charge < -0.3 is 24.2 Å². The maximum atomic E-state index is 15.2. The molecule has 0 aliphatic carbocycles. The Kier molecular flexibility index (Phi) is 7.34. The largest absolute Gasteiger partial charge is 0.465 e. The van der Waals surface area contributed by atoms with E-state index in [1.165, 1.54) is 44.4 Å². The van der Waals surface area contributed by atoms with Crippen LogP contribution in [0.4, 0.5) is 15.8 Å². The van der Waals surface area contributed by atoms with Gasteiger partial charge in [-0.3, -0.25) is 4.79 Å². The highest BCUT2D eigenvalue weighted by atomic mass is 79.9. The molecule has 0 atom stereocenters. The van der Waals surface area contributed by atoms with E-state index in [1.54, 1.807) is 23.1 Å². The predicted octanol–water partition coefficient (Wildman–Crippen LogP) is 2.75. The smallest absolute Gasteiger partial charge is 0.355 e. The number of amides is 1. The Balaban J connectivity index is 2.01. The van der Waals surface area contributed by atoms with Crippen molar-refractivity contribution in [3.63, 3.8) is 0 Å². The van der Waals surface area contributed by atoms with Crippen LogP contribution in [0.2, 0.25) is 0 Å². The van der Waals surface area contributed by atoms with Crippen molar-refractivity contribution in [1.29, 1.82) is 0 Å². The molecule has 8 nitrogen and oxygen atoms in total. The molecule has 3 rings (SSSR count). The van der Waals surface area contributed by atoms with E-state index in [0.29, 0.717) is 42.0 Å². The summed E-state index contributed by atoms with van der Waals surface area (Å²) < 4.78 is 25.4. The van der Waals surface area contributed by atoms with E-state index in [4.69, 9.17) is 9.47 Å². The van der Waals surface area contributed by atoms with Gasteiger partial charge in [-0.25, -0.2) is 14.0 Å². The molecule has 2 aliphatic heterocycles. The van der Waals surface area contributed by atoms with Crippen molar-refractivity contribution in [3.05, 3.63) is 58.1 Å². The van der Waals surface area contributed by atoms with Crippen molar-refractivity contribution >= 4 is 45.2 Å². The molecule has 2 heterocycles. The SMILES string of the molecule is COC(=O)C1=C(C(=O)OC)N(c2cc(F)c(N3CCN(C(C)=O)CC3)cc2Br)C=CC=C1. The van der Waals surface area contributed by atoms with Crippen molar-refractivity contribution in [2.24, 2.45) is 0 Å². The summed E-state index contributed by atoms with van der Waals surface area (Å²) in [7, 11) is 2.40. The highest BCUT2D eigenvalue weighted by molar-refractivity contribution is 9.10. The van der Waals surface area contributed by atoms with Gasteiger partial charge in [-0.15, -0.1) is 0 Å². The van der Waals surface area contributed by atoms with Crippen molar-refractivity contribution in [1.82, 2.24) is 4.90 Å².